The normalized spacial score (nSPS) is 12.4. The molecule has 0 spiro atoms. The third-order valence-corrected chi connectivity index (χ3v) is 3.46. The van der Waals surface area contributed by atoms with Gasteiger partial charge in [0.1, 0.15) is 5.82 Å². The number of nitrogens with two attached hydrogens (primary N) is 1. The van der Waals surface area contributed by atoms with Crippen LogP contribution in [0.2, 0.25) is 0 Å². The van der Waals surface area contributed by atoms with Crippen LogP contribution in [0.15, 0.2) is 48.5 Å². The molecule has 1 atom stereocenters. The summed E-state index contributed by atoms with van der Waals surface area (Å²) in [5.41, 5.74) is 9.47. The first-order valence-corrected chi connectivity index (χ1v) is 6.72. The maximum atomic E-state index is 13.2. The van der Waals surface area contributed by atoms with Crippen molar-refractivity contribution in [2.24, 2.45) is 5.73 Å². The summed E-state index contributed by atoms with van der Waals surface area (Å²) in [6, 6.07) is 15.1. The van der Waals surface area contributed by atoms with Crippen LogP contribution in [0, 0.1) is 12.7 Å². The first kappa shape index (κ1) is 13.8. The van der Waals surface area contributed by atoms with Crippen molar-refractivity contribution in [3.63, 3.8) is 0 Å². The molecule has 1 unspecified atom stereocenters. The lowest BCUT2D eigenvalue weighted by molar-refractivity contribution is 0.590. The molecule has 0 bridgehead atoms. The van der Waals surface area contributed by atoms with E-state index in [-0.39, 0.29) is 11.9 Å². The summed E-state index contributed by atoms with van der Waals surface area (Å²) in [6.07, 6.45) is 2.91. The van der Waals surface area contributed by atoms with Crippen LogP contribution in [0.5, 0.6) is 0 Å². The van der Waals surface area contributed by atoms with Crippen molar-refractivity contribution in [2.45, 2.75) is 32.2 Å². The highest BCUT2D eigenvalue weighted by molar-refractivity contribution is 5.29. The summed E-state index contributed by atoms with van der Waals surface area (Å²) >= 11 is 0. The number of benzene rings is 2. The molecule has 0 aromatic heterocycles. The van der Waals surface area contributed by atoms with E-state index >= 15 is 0 Å². The van der Waals surface area contributed by atoms with Gasteiger partial charge in [0, 0.05) is 6.04 Å². The van der Waals surface area contributed by atoms with Crippen molar-refractivity contribution in [3.8, 4) is 0 Å². The van der Waals surface area contributed by atoms with Crippen molar-refractivity contribution >= 4 is 0 Å². The summed E-state index contributed by atoms with van der Waals surface area (Å²) < 4.78 is 13.2. The van der Waals surface area contributed by atoms with Gasteiger partial charge in [0.2, 0.25) is 0 Å². The molecule has 1 nitrogen and oxygen atoms in total. The van der Waals surface area contributed by atoms with Crippen LogP contribution in [-0.4, -0.2) is 0 Å². The first-order valence-electron chi connectivity index (χ1n) is 6.72. The van der Waals surface area contributed by atoms with Gasteiger partial charge in [-0.15, -0.1) is 0 Å². The molecular weight excluding hydrogens is 237 g/mol. The zero-order chi connectivity index (χ0) is 13.7. The topological polar surface area (TPSA) is 26.0 Å². The summed E-state index contributed by atoms with van der Waals surface area (Å²) in [5.74, 6) is -0.209. The molecule has 2 aromatic carbocycles. The Labute approximate surface area is 114 Å². The Kier molecular flexibility index (Phi) is 4.69. The van der Waals surface area contributed by atoms with Crippen molar-refractivity contribution in [1.29, 1.82) is 0 Å². The molecule has 2 rings (SSSR count). The Hall–Kier alpha value is -1.67. The second-order valence-corrected chi connectivity index (χ2v) is 4.99. The molecule has 19 heavy (non-hydrogen) atoms. The number of hydrogen-bond acceptors (Lipinski definition) is 1. The molecule has 2 heteroatoms. The quantitative estimate of drug-likeness (QED) is 0.855. The van der Waals surface area contributed by atoms with Crippen LogP contribution in [0.3, 0.4) is 0 Å². The van der Waals surface area contributed by atoms with E-state index in [2.05, 4.69) is 12.1 Å². The predicted octanol–water partition coefficient (Wildman–Crippen LogP) is 4.16. The van der Waals surface area contributed by atoms with E-state index in [1.807, 2.05) is 25.1 Å². The molecule has 0 radical (unpaired) electrons. The molecule has 0 amide bonds. The van der Waals surface area contributed by atoms with Crippen molar-refractivity contribution in [1.82, 2.24) is 0 Å². The van der Waals surface area contributed by atoms with Gasteiger partial charge in [0.15, 0.2) is 0 Å². The average Bonchev–Trinajstić information content (AvgIpc) is 2.42. The van der Waals surface area contributed by atoms with Crippen molar-refractivity contribution in [3.05, 3.63) is 71.0 Å². The van der Waals surface area contributed by atoms with E-state index in [0.717, 1.165) is 30.4 Å². The number of halogens is 1. The molecule has 100 valence electrons. The van der Waals surface area contributed by atoms with Gasteiger partial charge in [-0.3, -0.25) is 0 Å². The minimum atomic E-state index is -0.209. The Balaban J connectivity index is 1.91. The first-order chi connectivity index (χ1) is 9.16. The molecule has 0 aliphatic heterocycles. The van der Waals surface area contributed by atoms with E-state index in [1.54, 1.807) is 12.1 Å². The summed E-state index contributed by atoms with van der Waals surface area (Å²) in [5, 5.41) is 0. The van der Waals surface area contributed by atoms with Gasteiger partial charge in [0.05, 0.1) is 0 Å². The largest absolute Gasteiger partial charge is 0.324 e. The van der Waals surface area contributed by atoms with Crippen molar-refractivity contribution in [2.75, 3.05) is 0 Å². The number of rotatable bonds is 5. The lowest BCUT2D eigenvalue weighted by Crippen LogP contribution is -2.12. The summed E-state index contributed by atoms with van der Waals surface area (Å²) in [4.78, 5) is 0. The van der Waals surface area contributed by atoms with E-state index in [9.17, 15) is 4.39 Å². The zero-order valence-electron chi connectivity index (χ0n) is 11.3. The number of aryl methyl sites for hydroxylation is 2. The smallest absolute Gasteiger partial charge is 0.123 e. The molecular formula is C17H20FN. The molecule has 0 aliphatic carbocycles. The third-order valence-electron chi connectivity index (χ3n) is 3.46. The van der Waals surface area contributed by atoms with Crippen LogP contribution in [0.1, 0.15) is 35.6 Å². The monoisotopic (exact) mass is 257 g/mol. The van der Waals surface area contributed by atoms with E-state index < -0.39 is 0 Å². The van der Waals surface area contributed by atoms with Crippen LogP contribution < -0.4 is 5.73 Å². The second-order valence-electron chi connectivity index (χ2n) is 4.99. The Morgan fingerprint density at radius 1 is 1.11 bits per heavy atom. The van der Waals surface area contributed by atoms with E-state index in [1.165, 1.54) is 11.6 Å². The van der Waals surface area contributed by atoms with Gasteiger partial charge in [0.25, 0.3) is 0 Å². The standard InChI is InChI=1S/C17H20FN/c1-13-10-11-15(18)12-16(13)17(19)9-5-8-14-6-3-2-4-7-14/h2-4,6-7,10-12,17H,5,8-9,19H2,1H3. The molecule has 0 saturated carbocycles. The molecule has 0 saturated heterocycles. The Morgan fingerprint density at radius 2 is 1.84 bits per heavy atom. The summed E-state index contributed by atoms with van der Waals surface area (Å²) in [6.45, 7) is 1.98. The van der Waals surface area contributed by atoms with E-state index in [0.29, 0.717) is 0 Å². The fraction of sp³-hybridized carbons (Fsp3) is 0.294. The fourth-order valence-corrected chi connectivity index (χ4v) is 2.34. The van der Waals surface area contributed by atoms with Gasteiger partial charge in [-0.25, -0.2) is 4.39 Å². The van der Waals surface area contributed by atoms with Crippen LogP contribution in [-0.2, 0) is 6.42 Å². The minimum Gasteiger partial charge on any atom is -0.324 e. The highest BCUT2D eigenvalue weighted by Crippen LogP contribution is 2.21. The highest BCUT2D eigenvalue weighted by atomic mass is 19.1. The fourth-order valence-electron chi connectivity index (χ4n) is 2.34. The van der Waals surface area contributed by atoms with Crippen LogP contribution in [0.25, 0.3) is 0 Å². The predicted molar refractivity (Wildman–Crippen MR) is 77.4 cm³/mol. The molecule has 0 aliphatic rings. The van der Waals surface area contributed by atoms with Gasteiger partial charge in [-0.05, 0) is 55.0 Å². The van der Waals surface area contributed by atoms with Gasteiger partial charge in [-0.2, -0.15) is 0 Å². The lowest BCUT2D eigenvalue weighted by atomic mass is 9.96. The second kappa shape index (κ2) is 6.48. The Bertz CT molecular complexity index is 522. The van der Waals surface area contributed by atoms with E-state index in [4.69, 9.17) is 5.73 Å². The molecule has 2 N–H and O–H groups in total. The minimum absolute atomic E-state index is 0.0839. The molecule has 0 fully saturated rings. The maximum Gasteiger partial charge on any atom is 0.123 e. The lowest BCUT2D eigenvalue weighted by Gasteiger charge is -2.14. The number of hydrogen-bond donors (Lipinski definition) is 1. The maximum absolute atomic E-state index is 13.2. The van der Waals surface area contributed by atoms with Gasteiger partial charge >= 0.3 is 0 Å². The SMILES string of the molecule is Cc1ccc(F)cc1C(N)CCCc1ccccc1. The molecule has 0 heterocycles. The van der Waals surface area contributed by atoms with Gasteiger partial charge < -0.3 is 5.73 Å². The Morgan fingerprint density at radius 3 is 2.58 bits per heavy atom. The van der Waals surface area contributed by atoms with Gasteiger partial charge in [-0.1, -0.05) is 36.4 Å². The third kappa shape index (κ3) is 3.90. The summed E-state index contributed by atoms with van der Waals surface area (Å²) in [7, 11) is 0. The van der Waals surface area contributed by atoms with Crippen LogP contribution in [0.4, 0.5) is 4.39 Å². The average molecular weight is 257 g/mol. The highest BCUT2D eigenvalue weighted by Gasteiger charge is 2.09. The zero-order valence-corrected chi connectivity index (χ0v) is 11.3. The van der Waals surface area contributed by atoms with Crippen LogP contribution >= 0.6 is 0 Å². The van der Waals surface area contributed by atoms with Crippen molar-refractivity contribution < 1.29 is 4.39 Å². The molecule has 2 aromatic rings.